The van der Waals surface area contributed by atoms with E-state index in [1.807, 2.05) is 6.07 Å². The van der Waals surface area contributed by atoms with Crippen LogP contribution >= 0.6 is 23.1 Å². The molecule has 3 rings (SSSR count). The van der Waals surface area contributed by atoms with Gasteiger partial charge in [0.25, 0.3) is 5.91 Å². The van der Waals surface area contributed by atoms with Gasteiger partial charge in [0.15, 0.2) is 11.5 Å². The molecule has 0 unspecified atom stereocenters. The van der Waals surface area contributed by atoms with E-state index in [1.165, 1.54) is 27.9 Å². The summed E-state index contributed by atoms with van der Waals surface area (Å²) in [5.74, 6) is 1.82. The Morgan fingerprint density at radius 2 is 1.97 bits per heavy atom. The third kappa shape index (κ3) is 8.12. The molecule has 0 spiro atoms. The average molecular weight is 509 g/mol. The minimum Gasteiger partial charge on any atom is -0.493 e. The van der Waals surface area contributed by atoms with E-state index in [-0.39, 0.29) is 5.57 Å². The summed E-state index contributed by atoms with van der Waals surface area (Å²) in [5, 5.41) is 21.5. The van der Waals surface area contributed by atoms with Crippen molar-refractivity contribution in [3.8, 4) is 17.6 Å². The zero-order valence-corrected chi connectivity index (χ0v) is 21.8. The van der Waals surface area contributed by atoms with E-state index < -0.39 is 5.91 Å². The third-order valence-corrected chi connectivity index (χ3v) is 6.60. The van der Waals surface area contributed by atoms with Crippen LogP contribution in [0.15, 0.2) is 52.9 Å². The largest absolute Gasteiger partial charge is 0.493 e. The van der Waals surface area contributed by atoms with Crippen molar-refractivity contribution < 1.29 is 14.3 Å². The van der Waals surface area contributed by atoms with Crippen molar-refractivity contribution in [1.29, 1.82) is 5.26 Å². The molecule has 7 nitrogen and oxygen atoms in total. The van der Waals surface area contributed by atoms with Crippen LogP contribution in [0.3, 0.4) is 0 Å². The molecule has 2 aromatic carbocycles. The van der Waals surface area contributed by atoms with Crippen molar-refractivity contribution in [2.24, 2.45) is 5.92 Å². The van der Waals surface area contributed by atoms with Crippen molar-refractivity contribution in [3.63, 3.8) is 0 Å². The minimum atomic E-state index is -0.535. The zero-order chi connectivity index (χ0) is 25.2. The van der Waals surface area contributed by atoms with Crippen LogP contribution in [0.1, 0.15) is 30.0 Å². The first kappa shape index (κ1) is 26.3. The Labute approximate surface area is 214 Å². The molecular weight excluding hydrogens is 480 g/mol. The summed E-state index contributed by atoms with van der Waals surface area (Å²) in [4.78, 5) is 13.8. The highest BCUT2D eigenvalue weighted by Crippen LogP contribution is 2.30. The molecule has 0 aliphatic rings. The van der Waals surface area contributed by atoms with Gasteiger partial charge in [-0.3, -0.25) is 10.1 Å². The fraction of sp³-hybridized carbons (Fsp3) is 0.308. The highest BCUT2D eigenvalue weighted by atomic mass is 32.2. The minimum absolute atomic E-state index is 0.0455. The standard InChI is InChI=1S/C26H28N4O3S2/c1-17(2)13-24-29-30-26(35-24)28-25(31)20(16-27)14-19-7-10-22(23(15-19)32-4)33-11-12-34-21-8-5-18(3)6-9-21/h5-10,14-15,17H,11-13H2,1-4H3,(H,28,30,31). The number of carbonyl (C=O) groups excluding carboxylic acids is 1. The summed E-state index contributed by atoms with van der Waals surface area (Å²) in [6, 6.07) is 15.6. The summed E-state index contributed by atoms with van der Waals surface area (Å²) >= 11 is 3.03. The topological polar surface area (TPSA) is 97.1 Å². The molecule has 1 N–H and O–H groups in total. The molecule has 0 bridgehead atoms. The van der Waals surface area contributed by atoms with E-state index in [1.54, 1.807) is 37.1 Å². The van der Waals surface area contributed by atoms with Crippen LogP contribution in [-0.2, 0) is 11.2 Å². The molecule has 0 radical (unpaired) electrons. The molecule has 35 heavy (non-hydrogen) atoms. The van der Waals surface area contributed by atoms with Crippen molar-refractivity contribution in [3.05, 3.63) is 64.2 Å². The van der Waals surface area contributed by atoms with Crippen molar-refractivity contribution in [1.82, 2.24) is 10.2 Å². The van der Waals surface area contributed by atoms with Gasteiger partial charge in [0.2, 0.25) is 5.13 Å². The van der Waals surface area contributed by atoms with Crippen molar-refractivity contribution in [2.75, 3.05) is 24.8 Å². The van der Waals surface area contributed by atoms with Crippen LogP contribution in [0.4, 0.5) is 5.13 Å². The van der Waals surface area contributed by atoms with Gasteiger partial charge in [-0.25, -0.2) is 0 Å². The maximum absolute atomic E-state index is 12.6. The lowest BCUT2D eigenvalue weighted by Gasteiger charge is -2.11. The zero-order valence-electron chi connectivity index (χ0n) is 20.2. The third-order valence-electron chi connectivity index (χ3n) is 4.76. The van der Waals surface area contributed by atoms with Crippen LogP contribution in [0.25, 0.3) is 6.08 Å². The van der Waals surface area contributed by atoms with E-state index in [0.717, 1.165) is 17.2 Å². The Bertz CT molecular complexity index is 1210. The van der Waals surface area contributed by atoms with Gasteiger partial charge in [0.1, 0.15) is 16.6 Å². The number of aromatic nitrogens is 2. The maximum Gasteiger partial charge on any atom is 0.268 e. The molecule has 0 atom stereocenters. The van der Waals surface area contributed by atoms with Gasteiger partial charge >= 0.3 is 0 Å². The summed E-state index contributed by atoms with van der Waals surface area (Å²) in [7, 11) is 1.55. The van der Waals surface area contributed by atoms with E-state index in [4.69, 9.17) is 9.47 Å². The number of hydrogen-bond donors (Lipinski definition) is 1. The fourth-order valence-electron chi connectivity index (χ4n) is 3.05. The molecule has 3 aromatic rings. The lowest BCUT2D eigenvalue weighted by atomic mass is 10.1. The summed E-state index contributed by atoms with van der Waals surface area (Å²) in [5.41, 5.74) is 1.83. The van der Waals surface area contributed by atoms with Crippen LogP contribution in [0.5, 0.6) is 11.5 Å². The van der Waals surface area contributed by atoms with E-state index >= 15 is 0 Å². The molecule has 182 valence electrons. The summed E-state index contributed by atoms with van der Waals surface area (Å²) in [6.45, 7) is 6.75. The highest BCUT2D eigenvalue weighted by molar-refractivity contribution is 7.99. The molecular formula is C26H28N4O3S2. The predicted octanol–water partition coefficient (Wildman–Crippen LogP) is 5.77. The Balaban J connectivity index is 1.61. The van der Waals surface area contributed by atoms with E-state index in [2.05, 4.69) is 60.6 Å². The number of methoxy groups -OCH3 is 1. The smallest absolute Gasteiger partial charge is 0.268 e. The van der Waals surface area contributed by atoms with Gasteiger partial charge in [-0.15, -0.1) is 22.0 Å². The first-order chi connectivity index (χ1) is 16.9. The van der Waals surface area contributed by atoms with Crippen LogP contribution in [0.2, 0.25) is 0 Å². The number of amides is 1. The first-order valence-corrected chi connectivity index (χ1v) is 12.9. The monoisotopic (exact) mass is 508 g/mol. The molecule has 0 aliphatic heterocycles. The van der Waals surface area contributed by atoms with Gasteiger partial charge < -0.3 is 9.47 Å². The predicted molar refractivity (Wildman–Crippen MR) is 141 cm³/mol. The van der Waals surface area contributed by atoms with Gasteiger partial charge in [0.05, 0.1) is 13.7 Å². The molecule has 1 amide bonds. The second kappa shape index (κ2) is 12.9. The van der Waals surface area contributed by atoms with Crippen LogP contribution in [-0.4, -0.2) is 35.6 Å². The number of nitrogens with zero attached hydrogens (tertiary/aromatic N) is 3. The lowest BCUT2D eigenvalue weighted by Crippen LogP contribution is -2.13. The van der Waals surface area contributed by atoms with Gasteiger partial charge in [0, 0.05) is 17.1 Å². The molecule has 0 fully saturated rings. The molecule has 0 saturated heterocycles. The number of hydrogen-bond acceptors (Lipinski definition) is 8. The Morgan fingerprint density at radius 1 is 1.20 bits per heavy atom. The van der Waals surface area contributed by atoms with E-state index in [9.17, 15) is 10.1 Å². The number of thioether (sulfide) groups is 1. The number of nitrogens with one attached hydrogen (secondary N) is 1. The summed E-state index contributed by atoms with van der Waals surface area (Å²) in [6.07, 6.45) is 2.29. The number of benzene rings is 2. The molecule has 1 aromatic heterocycles. The normalized spacial score (nSPS) is 11.3. The number of aryl methyl sites for hydroxylation is 1. The van der Waals surface area contributed by atoms with Gasteiger partial charge in [-0.2, -0.15) is 5.26 Å². The average Bonchev–Trinajstić information content (AvgIpc) is 3.27. The van der Waals surface area contributed by atoms with Gasteiger partial charge in [-0.1, -0.05) is 48.9 Å². The fourth-order valence-corrected chi connectivity index (χ4v) is 4.73. The Hall–Kier alpha value is -3.35. The van der Waals surface area contributed by atoms with Crippen molar-refractivity contribution in [2.45, 2.75) is 32.1 Å². The van der Waals surface area contributed by atoms with Crippen LogP contribution < -0.4 is 14.8 Å². The van der Waals surface area contributed by atoms with Crippen LogP contribution in [0, 0.1) is 24.2 Å². The second-order valence-corrected chi connectivity index (χ2v) is 10.4. The van der Waals surface area contributed by atoms with Crippen molar-refractivity contribution >= 4 is 40.2 Å². The number of anilines is 1. The molecule has 0 saturated carbocycles. The SMILES string of the molecule is COc1cc(C=C(C#N)C(=O)Nc2nnc(CC(C)C)s2)ccc1OCCSc1ccc(C)cc1. The Kier molecular flexibility index (Phi) is 9.70. The summed E-state index contributed by atoms with van der Waals surface area (Å²) < 4.78 is 11.4. The maximum atomic E-state index is 12.6. The quantitative estimate of drug-likeness (QED) is 0.152. The Morgan fingerprint density at radius 3 is 2.66 bits per heavy atom. The molecule has 9 heteroatoms. The first-order valence-electron chi connectivity index (χ1n) is 11.1. The molecule has 1 heterocycles. The highest BCUT2D eigenvalue weighted by Gasteiger charge is 2.14. The second-order valence-electron chi connectivity index (χ2n) is 8.14. The van der Waals surface area contributed by atoms with E-state index in [0.29, 0.717) is 34.7 Å². The lowest BCUT2D eigenvalue weighted by molar-refractivity contribution is -0.112. The van der Waals surface area contributed by atoms with Gasteiger partial charge in [-0.05, 0) is 48.7 Å². The number of ether oxygens (including phenoxy) is 2. The molecule has 0 aliphatic carbocycles. The number of carbonyl (C=O) groups is 1. The number of nitriles is 1. The number of rotatable bonds is 11.